The second-order valence-electron chi connectivity index (χ2n) is 4.82. The SMILES string of the molecule is Cc1ccc(N(C)c2nc(N)nc3ccccc23)cc1. The van der Waals surface area contributed by atoms with Crippen molar-refractivity contribution in [1.82, 2.24) is 9.97 Å². The normalized spacial score (nSPS) is 10.7. The molecule has 0 fully saturated rings. The Morgan fingerprint density at radius 3 is 2.40 bits per heavy atom. The van der Waals surface area contributed by atoms with Crippen LogP contribution < -0.4 is 10.6 Å². The summed E-state index contributed by atoms with van der Waals surface area (Å²) in [5, 5.41) is 0.991. The number of anilines is 3. The van der Waals surface area contributed by atoms with Crippen LogP contribution in [0.1, 0.15) is 5.56 Å². The minimum absolute atomic E-state index is 0.290. The molecule has 0 spiro atoms. The molecule has 1 aromatic heterocycles. The average molecular weight is 264 g/mol. The largest absolute Gasteiger partial charge is 0.368 e. The van der Waals surface area contributed by atoms with Gasteiger partial charge in [-0.25, -0.2) is 4.98 Å². The van der Waals surface area contributed by atoms with Gasteiger partial charge in [-0.3, -0.25) is 0 Å². The fourth-order valence-corrected chi connectivity index (χ4v) is 2.22. The lowest BCUT2D eigenvalue weighted by molar-refractivity contribution is 1.12. The Hall–Kier alpha value is -2.62. The Bertz CT molecular complexity index is 750. The maximum absolute atomic E-state index is 5.82. The van der Waals surface area contributed by atoms with E-state index in [0.29, 0.717) is 0 Å². The van der Waals surface area contributed by atoms with Crippen LogP contribution in [-0.2, 0) is 0 Å². The van der Waals surface area contributed by atoms with Gasteiger partial charge in [0, 0.05) is 18.1 Å². The van der Waals surface area contributed by atoms with Crippen molar-refractivity contribution in [2.45, 2.75) is 6.92 Å². The van der Waals surface area contributed by atoms with E-state index in [9.17, 15) is 0 Å². The zero-order valence-electron chi connectivity index (χ0n) is 11.5. The number of nitrogen functional groups attached to an aromatic ring is 1. The molecule has 0 aliphatic heterocycles. The molecule has 0 saturated carbocycles. The zero-order chi connectivity index (χ0) is 14.1. The predicted molar refractivity (Wildman–Crippen MR) is 83.2 cm³/mol. The van der Waals surface area contributed by atoms with Crippen molar-refractivity contribution in [2.75, 3.05) is 17.7 Å². The van der Waals surface area contributed by atoms with E-state index < -0.39 is 0 Å². The van der Waals surface area contributed by atoms with Crippen molar-refractivity contribution >= 4 is 28.4 Å². The van der Waals surface area contributed by atoms with Gasteiger partial charge in [-0.2, -0.15) is 4.98 Å². The first-order chi connectivity index (χ1) is 9.65. The molecule has 2 N–H and O–H groups in total. The summed E-state index contributed by atoms with van der Waals surface area (Å²) in [6, 6.07) is 16.2. The minimum atomic E-state index is 0.290. The lowest BCUT2D eigenvalue weighted by Crippen LogP contribution is -2.13. The molecular formula is C16H16N4. The summed E-state index contributed by atoms with van der Waals surface area (Å²) in [5.41, 5.74) is 8.97. The molecule has 0 aliphatic rings. The van der Waals surface area contributed by atoms with Gasteiger partial charge in [0.2, 0.25) is 5.95 Å². The highest BCUT2D eigenvalue weighted by Crippen LogP contribution is 2.29. The summed E-state index contributed by atoms with van der Waals surface area (Å²) in [4.78, 5) is 10.7. The third-order valence-electron chi connectivity index (χ3n) is 3.34. The Morgan fingerprint density at radius 1 is 0.950 bits per heavy atom. The molecule has 100 valence electrons. The maximum Gasteiger partial charge on any atom is 0.222 e. The maximum atomic E-state index is 5.82. The molecule has 4 heteroatoms. The first-order valence-corrected chi connectivity index (χ1v) is 6.48. The van der Waals surface area contributed by atoms with Gasteiger partial charge in [0.05, 0.1) is 5.52 Å². The van der Waals surface area contributed by atoms with E-state index in [-0.39, 0.29) is 5.95 Å². The van der Waals surface area contributed by atoms with E-state index in [1.807, 2.05) is 36.2 Å². The zero-order valence-corrected chi connectivity index (χ0v) is 11.5. The van der Waals surface area contributed by atoms with Crippen molar-refractivity contribution in [1.29, 1.82) is 0 Å². The number of fused-ring (bicyclic) bond motifs is 1. The molecule has 0 unspecified atom stereocenters. The number of hydrogen-bond donors (Lipinski definition) is 1. The van der Waals surface area contributed by atoms with Crippen LogP contribution in [-0.4, -0.2) is 17.0 Å². The van der Waals surface area contributed by atoms with Crippen LogP contribution in [0.25, 0.3) is 10.9 Å². The lowest BCUT2D eigenvalue weighted by Gasteiger charge is -2.20. The van der Waals surface area contributed by atoms with Crippen LogP contribution in [0, 0.1) is 6.92 Å². The summed E-state index contributed by atoms with van der Waals surface area (Å²) in [7, 11) is 1.98. The Labute approximate surface area is 117 Å². The Balaban J connectivity index is 2.15. The predicted octanol–water partition coefficient (Wildman–Crippen LogP) is 3.29. The van der Waals surface area contributed by atoms with Crippen LogP contribution in [0.4, 0.5) is 17.5 Å². The molecule has 0 radical (unpaired) electrons. The van der Waals surface area contributed by atoms with Gasteiger partial charge in [-0.05, 0) is 31.2 Å². The number of para-hydroxylation sites is 1. The van der Waals surface area contributed by atoms with E-state index in [1.54, 1.807) is 0 Å². The van der Waals surface area contributed by atoms with E-state index in [1.165, 1.54) is 5.56 Å². The molecule has 0 saturated heterocycles. The van der Waals surface area contributed by atoms with Crippen molar-refractivity contribution in [3.63, 3.8) is 0 Å². The highest BCUT2D eigenvalue weighted by molar-refractivity contribution is 5.92. The Morgan fingerprint density at radius 2 is 1.65 bits per heavy atom. The molecule has 0 amide bonds. The van der Waals surface area contributed by atoms with Crippen molar-refractivity contribution in [2.24, 2.45) is 0 Å². The number of hydrogen-bond acceptors (Lipinski definition) is 4. The number of nitrogens with zero attached hydrogens (tertiary/aromatic N) is 3. The monoisotopic (exact) mass is 264 g/mol. The van der Waals surface area contributed by atoms with Gasteiger partial charge < -0.3 is 10.6 Å². The highest BCUT2D eigenvalue weighted by Gasteiger charge is 2.11. The van der Waals surface area contributed by atoms with Crippen LogP contribution in [0.15, 0.2) is 48.5 Å². The van der Waals surface area contributed by atoms with E-state index in [0.717, 1.165) is 22.4 Å². The fourth-order valence-electron chi connectivity index (χ4n) is 2.22. The molecule has 0 aliphatic carbocycles. The molecule has 3 rings (SSSR count). The third-order valence-corrected chi connectivity index (χ3v) is 3.34. The molecule has 0 atom stereocenters. The van der Waals surface area contributed by atoms with Crippen LogP contribution >= 0.6 is 0 Å². The first-order valence-electron chi connectivity index (χ1n) is 6.48. The molecule has 3 aromatic rings. The average Bonchev–Trinajstić information content (AvgIpc) is 2.46. The van der Waals surface area contributed by atoms with Gasteiger partial charge in [-0.15, -0.1) is 0 Å². The number of aryl methyl sites for hydroxylation is 1. The number of aromatic nitrogens is 2. The van der Waals surface area contributed by atoms with Gasteiger partial charge >= 0.3 is 0 Å². The summed E-state index contributed by atoms with van der Waals surface area (Å²) >= 11 is 0. The van der Waals surface area contributed by atoms with Crippen molar-refractivity contribution < 1.29 is 0 Å². The minimum Gasteiger partial charge on any atom is -0.368 e. The summed E-state index contributed by atoms with van der Waals surface area (Å²) in [6.45, 7) is 2.07. The van der Waals surface area contributed by atoms with Crippen LogP contribution in [0.2, 0.25) is 0 Å². The van der Waals surface area contributed by atoms with Crippen LogP contribution in [0.3, 0.4) is 0 Å². The molecule has 0 bridgehead atoms. The summed E-state index contributed by atoms with van der Waals surface area (Å²) in [5.74, 6) is 1.11. The molecule has 1 heterocycles. The van der Waals surface area contributed by atoms with Crippen molar-refractivity contribution in [3.05, 3.63) is 54.1 Å². The molecular weight excluding hydrogens is 248 g/mol. The van der Waals surface area contributed by atoms with Gasteiger partial charge in [0.15, 0.2) is 0 Å². The van der Waals surface area contributed by atoms with Gasteiger partial charge in [0.1, 0.15) is 5.82 Å². The van der Waals surface area contributed by atoms with E-state index >= 15 is 0 Å². The second kappa shape index (κ2) is 4.81. The van der Waals surface area contributed by atoms with Crippen LogP contribution in [0.5, 0.6) is 0 Å². The second-order valence-corrected chi connectivity index (χ2v) is 4.82. The number of rotatable bonds is 2. The van der Waals surface area contributed by atoms with Gasteiger partial charge in [0.25, 0.3) is 0 Å². The van der Waals surface area contributed by atoms with Crippen molar-refractivity contribution in [3.8, 4) is 0 Å². The van der Waals surface area contributed by atoms with Gasteiger partial charge in [-0.1, -0.05) is 29.8 Å². The fraction of sp³-hybridized carbons (Fsp3) is 0.125. The summed E-state index contributed by atoms with van der Waals surface area (Å²) in [6.07, 6.45) is 0. The van der Waals surface area contributed by atoms with E-state index in [4.69, 9.17) is 5.73 Å². The third kappa shape index (κ3) is 2.16. The highest BCUT2D eigenvalue weighted by atomic mass is 15.2. The lowest BCUT2D eigenvalue weighted by atomic mass is 10.2. The molecule has 20 heavy (non-hydrogen) atoms. The smallest absolute Gasteiger partial charge is 0.222 e. The molecule has 2 aromatic carbocycles. The molecule has 4 nitrogen and oxygen atoms in total. The number of benzene rings is 2. The topological polar surface area (TPSA) is 55.0 Å². The van der Waals surface area contributed by atoms with E-state index in [2.05, 4.69) is 41.2 Å². The quantitative estimate of drug-likeness (QED) is 0.771. The summed E-state index contributed by atoms with van der Waals surface area (Å²) < 4.78 is 0. The Kier molecular flexibility index (Phi) is 2.99. The number of nitrogens with two attached hydrogens (primary N) is 1. The standard InChI is InChI=1S/C16H16N4/c1-11-7-9-12(10-8-11)20(2)15-13-5-3-4-6-14(13)18-16(17)19-15/h3-10H,1-2H3,(H2,17,18,19). The first kappa shape index (κ1) is 12.4.